The zero-order valence-corrected chi connectivity index (χ0v) is 92.7. The number of nitrogens with one attached hydrogen (secondary N) is 3. The second-order valence-corrected chi connectivity index (χ2v) is 37.0. The summed E-state index contributed by atoms with van der Waals surface area (Å²) in [6.45, 7) is 23.9. The molecule has 0 aliphatic heterocycles. The predicted octanol–water partition coefficient (Wildman–Crippen LogP) is 13.4. The maximum absolute atomic E-state index is 13.4. The van der Waals surface area contributed by atoms with E-state index in [9.17, 15) is 57.5 Å². The third kappa shape index (κ3) is 115. The van der Waals surface area contributed by atoms with Crippen molar-refractivity contribution in [3.63, 3.8) is 0 Å². The second kappa shape index (κ2) is 121. The number of rotatable bonds is 101. The molecule has 37 heteroatoms. The molecule has 0 aliphatic carbocycles. The van der Waals surface area contributed by atoms with Crippen LogP contribution in [0.1, 0.15) is 414 Å². The van der Waals surface area contributed by atoms with Crippen LogP contribution < -0.4 is 38.9 Å². The van der Waals surface area contributed by atoms with Gasteiger partial charge >= 0.3 is 36.4 Å². The Balaban J connectivity index is -0.000000382. The number of nitrogens with two attached hydrogens (primary N) is 1. The van der Waals surface area contributed by atoms with E-state index in [2.05, 4.69) is 75.1 Å². The molecule has 14 N–H and O–H groups in total. The van der Waals surface area contributed by atoms with Gasteiger partial charge in [-0.05, 0) is 117 Å². The van der Waals surface area contributed by atoms with E-state index in [1.165, 1.54) is 47.0 Å². The number of Topliss-reactive ketones (excluding diaryl/α,β-unsaturated/α-hetero) is 6. The van der Waals surface area contributed by atoms with Crippen LogP contribution in [0.3, 0.4) is 0 Å². The summed E-state index contributed by atoms with van der Waals surface area (Å²) in [5.74, 6) is 0.248. The Labute approximate surface area is 876 Å². The minimum Gasteiger partial charge on any atom is -0.469 e. The number of ether oxygens (including phenoxy) is 12. The molecule has 0 atom stereocenters. The van der Waals surface area contributed by atoms with E-state index < -0.39 is 16.4 Å². The first kappa shape index (κ1) is 151. The maximum atomic E-state index is 13.4. The molecule has 0 spiro atoms. The third-order valence-electron chi connectivity index (χ3n) is 23.4. The lowest BCUT2D eigenvalue weighted by Crippen LogP contribution is -2.58. The van der Waals surface area contributed by atoms with Crippen LogP contribution >= 0.6 is 0 Å². The van der Waals surface area contributed by atoms with Gasteiger partial charge in [0.25, 0.3) is 0 Å². The molecule has 0 aromatic carbocycles. The summed E-state index contributed by atoms with van der Waals surface area (Å²) in [4.78, 5) is 196. The van der Waals surface area contributed by atoms with E-state index in [0.29, 0.717) is 143 Å². The van der Waals surface area contributed by atoms with E-state index in [1.54, 1.807) is 0 Å². The zero-order chi connectivity index (χ0) is 110. The van der Waals surface area contributed by atoms with Crippen LogP contribution in [-0.2, 0) is 143 Å². The van der Waals surface area contributed by atoms with Gasteiger partial charge in [-0.3, -0.25) is 57.5 Å². The quantitative estimate of drug-likeness (QED) is 0.0169. The van der Waals surface area contributed by atoms with Crippen LogP contribution in [0.25, 0.3) is 0 Å². The highest BCUT2D eigenvalue weighted by atomic mass is 16.5. The van der Waals surface area contributed by atoms with Gasteiger partial charge in [-0.25, -0.2) is 0 Å². The number of carbonyl (C=O) groups is 12. The first-order valence-electron chi connectivity index (χ1n) is 55.0. The molecule has 0 saturated carbocycles. The van der Waals surface area contributed by atoms with Crippen LogP contribution in [0.15, 0.2) is 0 Å². The Morgan fingerprint density at radius 3 is 0.712 bits per heavy atom. The maximum Gasteiger partial charge on any atom is 0.373 e. The number of ketones is 6. The molecule has 0 radical (unpaired) electrons. The summed E-state index contributed by atoms with van der Waals surface area (Å²) in [5.41, 5.74) is 14.3. The van der Waals surface area contributed by atoms with Crippen LogP contribution in [0, 0.1) is 10.8 Å². The summed E-state index contributed by atoms with van der Waals surface area (Å²) in [6.07, 6.45) is 46.7. The van der Waals surface area contributed by atoms with Crippen molar-refractivity contribution in [2.75, 3.05) is 180 Å². The van der Waals surface area contributed by atoms with Gasteiger partial charge < -0.3 is 95.7 Å². The number of hydrogen-bond donors (Lipinski definition) is 7. The highest BCUT2D eigenvalue weighted by Gasteiger charge is 2.37. The van der Waals surface area contributed by atoms with Crippen molar-refractivity contribution >= 4 is 88.8 Å². The van der Waals surface area contributed by atoms with E-state index in [0.717, 1.165) is 251 Å². The lowest BCUT2D eigenvalue weighted by Gasteiger charge is -2.34. The van der Waals surface area contributed by atoms with Gasteiger partial charge in [0.15, 0.2) is 0 Å². The summed E-state index contributed by atoms with van der Waals surface area (Å²) in [6, 6.07) is 0. The van der Waals surface area contributed by atoms with Gasteiger partial charge in [0.1, 0.15) is 40.2 Å². The standard InChI is InChI=1S/C41H75NO9.C38H72N4O9.C23H45NO6.C4H11N.3CO2/c1-5-8-17-21-36(43)25-29-49-33-41(34-50-30-26-37(44)22-18-9-6-2,35-51-31-27-39(46)42-28-10-7-3)32-38(45)23-19-15-13-11-12-14-16-20-24-40(47)48-4;1-48-37(47)18-9-7-5-3-2-4-6-8-17-35(45)29-38(30-49-26-19-33(43)15-10-12-22-39,31-50-27-20-34(44)16-11-13-23-40)32-51-28-21-36(46)42-25-14-24-41;1-5-28-18-23(19-29-6-2,20-30-7-3)24-21(25)16-14-12-10-8-9-11-13-15-17-22(26)27-4;1-2-3-4-5;3*2-1-3/h5-35H2,1-4H3,(H,42,46);2-32,39-41H2,1H3,(H,42,46);5-20H2,1-4H3,(H,24,25);2-5H2,1H3;;;/p+3. The number of methoxy groups -OCH3 is 3. The summed E-state index contributed by atoms with van der Waals surface area (Å²) < 4.78 is 67.2. The second-order valence-electron chi connectivity index (χ2n) is 37.0. The largest absolute Gasteiger partial charge is 0.469 e. The van der Waals surface area contributed by atoms with Gasteiger partial charge in [-0.2, -0.15) is 28.8 Å². The fourth-order valence-electron chi connectivity index (χ4n) is 14.9. The third-order valence-corrected chi connectivity index (χ3v) is 23.4. The van der Waals surface area contributed by atoms with E-state index in [4.69, 9.17) is 77.1 Å². The van der Waals surface area contributed by atoms with Crippen molar-refractivity contribution in [3.8, 4) is 0 Å². The van der Waals surface area contributed by atoms with Crippen molar-refractivity contribution in [1.82, 2.24) is 16.0 Å². The molecule has 0 aliphatic rings. The minimum atomic E-state index is -0.820. The van der Waals surface area contributed by atoms with Gasteiger partial charge in [0.05, 0.1) is 140 Å². The van der Waals surface area contributed by atoms with Gasteiger partial charge in [0.2, 0.25) is 17.7 Å². The Bertz CT molecular complexity index is 2850. The summed E-state index contributed by atoms with van der Waals surface area (Å²) >= 11 is 0. The average molecular weight is 2090 g/mol. The SMILES string of the molecule is CCCCCC(=O)CCOCC(COCCC(=O)CCCCC)(COCCC(=O)NCCCC)CC(=O)CCCCCCCCCCC(=O)OC.CCCCN.CCOCC(COCC)(COCC)NC(=O)CCCCCCCCCCC(=O)OC.COC(=O)CCCCCCCCCCC(=O)CC(COCCC(=O)CCCC[NH3+])(COCCC(=O)CCCC[NH3+])COCCC(=O)NCCC[NH3+].O=C=O.O=C=O.O=C=O. The molecule has 3 amide bonds. The first-order valence-corrected chi connectivity index (χ1v) is 55.0. The number of amides is 3. The number of unbranched alkanes of at least 4 members (excludes halogenated alkanes) is 29. The molecule has 0 saturated heterocycles. The molecule has 0 unspecified atom stereocenters. The molecule has 146 heavy (non-hydrogen) atoms. The van der Waals surface area contributed by atoms with Crippen molar-refractivity contribution in [2.45, 2.75) is 420 Å². The normalized spacial score (nSPS) is 10.8. The molecule has 0 aromatic rings. The fourth-order valence-corrected chi connectivity index (χ4v) is 14.9. The van der Waals surface area contributed by atoms with Crippen LogP contribution in [0.5, 0.6) is 0 Å². The van der Waals surface area contributed by atoms with Gasteiger partial charge in [0, 0.05) is 166 Å². The lowest BCUT2D eigenvalue weighted by molar-refractivity contribution is -0.368. The highest BCUT2D eigenvalue weighted by Crippen LogP contribution is 2.30. The van der Waals surface area contributed by atoms with Crippen molar-refractivity contribution in [1.29, 1.82) is 0 Å². The zero-order valence-electron chi connectivity index (χ0n) is 92.7. The Morgan fingerprint density at radius 1 is 0.247 bits per heavy atom. The summed E-state index contributed by atoms with van der Waals surface area (Å²) in [5, 5.41) is 8.89. The Kier molecular flexibility index (Phi) is 125. The van der Waals surface area contributed by atoms with E-state index in [1.807, 2.05) is 20.8 Å². The smallest absolute Gasteiger partial charge is 0.373 e. The number of esters is 3. The predicted molar refractivity (Wildman–Crippen MR) is 555 cm³/mol. The van der Waals surface area contributed by atoms with Crippen LogP contribution in [-0.4, -0.2) is 274 Å². The number of carbonyl (C=O) groups excluding carboxylic acids is 18. The van der Waals surface area contributed by atoms with Gasteiger partial charge in [-0.1, -0.05) is 182 Å². The van der Waals surface area contributed by atoms with Gasteiger partial charge in [-0.15, -0.1) is 0 Å². The van der Waals surface area contributed by atoms with Crippen molar-refractivity contribution in [3.05, 3.63) is 0 Å². The number of quaternary nitrogens is 3. The van der Waals surface area contributed by atoms with Crippen molar-refractivity contribution < 1.29 is 160 Å². The van der Waals surface area contributed by atoms with E-state index >= 15 is 0 Å². The monoisotopic (exact) mass is 2090 g/mol. The molecule has 0 bridgehead atoms. The van der Waals surface area contributed by atoms with Crippen LogP contribution in [0.2, 0.25) is 0 Å². The summed E-state index contributed by atoms with van der Waals surface area (Å²) in [7, 11) is 4.26. The minimum absolute atomic E-state index is 0.0249. The molecule has 0 heterocycles. The van der Waals surface area contributed by atoms with E-state index in [-0.39, 0.29) is 194 Å². The fraction of sp³-hybridized carbons (Fsp3) is 0.862. The molecule has 0 aromatic heterocycles. The molecule has 0 fully saturated rings. The van der Waals surface area contributed by atoms with Crippen LogP contribution in [0.4, 0.5) is 0 Å². The lowest BCUT2D eigenvalue weighted by atomic mass is 9.83. The molecule has 37 nitrogen and oxygen atoms in total. The molecular formula is C109H206N7O30+3. The number of hydrogen-bond acceptors (Lipinski definition) is 31. The Hall–Kier alpha value is -7.54. The molecule has 0 rings (SSSR count). The average Bonchev–Trinajstić information content (AvgIpc) is 0.682. The Morgan fingerprint density at radius 2 is 0.473 bits per heavy atom. The molecule has 854 valence electrons. The first-order chi connectivity index (χ1) is 70.6. The topological polar surface area (TPSA) is 563 Å². The van der Waals surface area contributed by atoms with Crippen molar-refractivity contribution in [2.24, 2.45) is 16.6 Å². The molecular weight excluding hydrogens is 1890 g/mol. The highest BCUT2D eigenvalue weighted by molar-refractivity contribution is 5.81.